The molecule has 0 spiro atoms. The first-order chi connectivity index (χ1) is 13.0. The van der Waals surface area contributed by atoms with Crippen LogP contribution in [0.5, 0.6) is 5.75 Å². The van der Waals surface area contributed by atoms with Crippen LogP contribution in [0.15, 0.2) is 18.2 Å². The third-order valence-electron chi connectivity index (χ3n) is 5.68. The highest BCUT2D eigenvalue weighted by Crippen LogP contribution is 2.28. The number of amides is 2. The van der Waals surface area contributed by atoms with Crippen molar-refractivity contribution in [2.24, 2.45) is 5.92 Å². The molecule has 6 heteroatoms. The maximum Gasteiger partial charge on any atom is 0.226 e. The van der Waals surface area contributed by atoms with E-state index in [9.17, 15) is 9.59 Å². The monoisotopic (exact) mass is 375 g/mol. The fraction of sp³-hybridized carbons (Fsp3) is 0.619. The third-order valence-corrected chi connectivity index (χ3v) is 5.68. The first kappa shape index (κ1) is 21.2. The topological polar surface area (TPSA) is 61.9 Å². The number of aryl methyl sites for hydroxylation is 1. The Kier molecular flexibility index (Phi) is 8.10. The van der Waals surface area contributed by atoms with Crippen LogP contribution >= 0.6 is 0 Å². The lowest BCUT2D eigenvalue weighted by atomic mass is 9.89. The minimum atomic E-state index is 0.107. The first-order valence-corrected chi connectivity index (χ1v) is 9.90. The maximum atomic E-state index is 12.6. The Hall–Kier alpha value is -2.08. The molecule has 6 nitrogen and oxygen atoms in total. The Morgan fingerprint density at radius 2 is 2.07 bits per heavy atom. The minimum absolute atomic E-state index is 0.107. The van der Waals surface area contributed by atoms with Gasteiger partial charge in [-0.3, -0.25) is 9.59 Å². The molecule has 0 aromatic heterocycles. The number of hydrogen-bond acceptors (Lipinski definition) is 4. The number of carbonyl (C=O) groups is 2. The van der Waals surface area contributed by atoms with Crippen LogP contribution in [0.4, 0.5) is 5.69 Å². The largest absolute Gasteiger partial charge is 0.497 e. The van der Waals surface area contributed by atoms with Gasteiger partial charge in [0, 0.05) is 31.4 Å². The number of nitrogens with zero attached hydrogens (tertiary/aromatic N) is 2. The highest BCUT2D eigenvalue weighted by atomic mass is 16.5. The van der Waals surface area contributed by atoms with Crippen molar-refractivity contribution in [3.8, 4) is 5.75 Å². The van der Waals surface area contributed by atoms with Crippen molar-refractivity contribution in [3.63, 3.8) is 0 Å². The molecule has 2 rings (SSSR count). The average molecular weight is 376 g/mol. The van der Waals surface area contributed by atoms with Crippen molar-refractivity contribution in [2.75, 3.05) is 39.1 Å². The van der Waals surface area contributed by atoms with Crippen LogP contribution in [-0.2, 0) is 16.0 Å². The molecule has 1 aliphatic heterocycles. The number of benzene rings is 1. The second kappa shape index (κ2) is 10.3. The molecule has 1 aromatic carbocycles. The molecule has 1 aliphatic rings. The lowest BCUT2D eigenvalue weighted by molar-refractivity contribution is -0.137. The minimum Gasteiger partial charge on any atom is -0.497 e. The van der Waals surface area contributed by atoms with Gasteiger partial charge in [-0.15, -0.1) is 0 Å². The Balaban J connectivity index is 1.96. The molecule has 1 N–H and O–H groups in total. The Morgan fingerprint density at radius 3 is 2.67 bits per heavy atom. The van der Waals surface area contributed by atoms with Crippen LogP contribution in [0.25, 0.3) is 0 Å². The van der Waals surface area contributed by atoms with Crippen molar-refractivity contribution in [2.45, 2.75) is 45.6 Å². The van der Waals surface area contributed by atoms with Gasteiger partial charge in [0.2, 0.25) is 12.3 Å². The third kappa shape index (κ3) is 5.45. The van der Waals surface area contributed by atoms with Crippen LogP contribution in [0.3, 0.4) is 0 Å². The number of hydrogen-bond donors (Lipinski definition) is 1. The van der Waals surface area contributed by atoms with E-state index in [-0.39, 0.29) is 11.8 Å². The number of anilines is 1. The molecule has 0 aliphatic carbocycles. The van der Waals surface area contributed by atoms with E-state index in [4.69, 9.17) is 4.74 Å². The number of likely N-dealkylation sites (tertiary alicyclic amines) is 1. The number of methoxy groups -OCH3 is 1. The molecule has 0 saturated carbocycles. The van der Waals surface area contributed by atoms with Crippen LogP contribution in [0.2, 0.25) is 0 Å². The van der Waals surface area contributed by atoms with Crippen molar-refractivity contribution >= 4 is 18.0 Å². The number of piperidine rings is 1. The summed E-state index contributed by atoms with van der Waals surface area (Å²) >= 11 is 0. The van der Waals surface area contributed by atoms with E-state index >= 15 is 0 Å². The van der Waals surface area contributed by atoms with Crippen LogP contribution in [0, 0.1) is 5.92 Å². The van der Waals surface area contributed by atoms with Gasteiger partial charge in [0.15, 0.2) is 0 Å². The van der Waals surface area contributed by atoms with Gasteiger partial charge in [-0.2, -0.15) is 0 Å². The van der Waals surface area contributed by atoms with Gasteiger partial charge in [0.1, 0.15) is 5.75 Å². The summed E-state index contributed by atoms with van der Waals surface area (Å²) in [5.41, 5.74) is 1.91. The summed E-state index contributed by atoms with van der Waals surface area (Å²) in [6, 6.07) is 6.17. The summed E-state index contributed by atoms with van der Waals surface area (Å²) in [4.78, 5) is 27.7. The maximum absolute atomic E-state index is 12.6. The van der Waals surface area contributed by atoms with Crippen LogP contribution in [-0.4, -0.2) is 62.0 Å². The van der Waals surface area contributed by atoms with E-state index in [1.807, 2.05) is 36.9 Å². The summed E-state index contributed by atoms with van der Waals surface area (Å²) < 4.78 is 5.32. The lowest BCUT2D eigenvalue weighted by Crippen LogP contribution is -2.47. The zero-order chi connectivity index (χ0) is 19.8. The fourth-order valence-electron chi connectivity index (χ4n) is 3.99. The van der Waals surface area contributed by atoms with Gasteiger partial charge in [0.25, 0.3) is 0 Å². The van der Waals surface area contributed by atoms with Crippen LogP contribution in [0.1, 0.15) is 38.7 Å². The van der Waals surface area contributed by atoms with Crippen molar-refractivity contribution in [1.29, 1.82) is 0 Å². The molecule has 2 atom stereocenters. The molecular formula is C21H33N3O3. The first-order valence-electron chi connectivity index (χ1n) is 9.90. The predicted octanol–water partition coefficient (Wildman–Crippen LogP) is 2.77. The van der Waals surface area contributed by atoms with E-state index < -0.39 is 0 Å². The molecular weight excluding hydrogens is 342 g/mol. The summed E-state index contributed by atoms with van der Waals surface area (Å²) in [6.45, 7) is 6.45. The normalized spacial score (nSPS) is 20.1. The molecule has 1 fully saturated rings. The number of ether oxygens (including phenoxy) is 1. The molecule has 0 bridgehead atoms. The molecule has 150 valence electrons. The van der Waals surface area contributed by atoms with E-state index in [2.05, 4.69) is 17.3 Å². The smallest absolute Gasteiger partial charge is 0.226 e. The Labute approximate surface area is 162 Å². The lowest BCUT2D eigenvalue weighted by Gasteiger charge is -2.38. The molecule has 1 aromatic rings. The number of rotatable bonds is 9. The van der Waals surface area contributed by atoms with E-state index in [0.717, 1.165) is 62.3 Å². The van der Waals surface area contributed by atoms with Crippen molar-refractivity contribution in [3.05, 3.63) is 23.8 Å². The van der Waals surface area contributed by atoms with Gasteiger partial charge < -0.3 is 19.9 Å². The molecule has 1 saturated heterocycles. The molecule has 0 radical (unpaired) electrons. The molecule has 2 unspecified atom stereocenters. The molecule has 1 heterocycles. The van der Waals surface area contributed by atoms with E-state index in [1.165, 1.54) is 0 Å². The van der Waals surface area contributed by atoms with Gasteiger partial charge in [-0.05, 0) is 70.3 Å². The Morgan fingerprint density at radius 1 is 1.33 bits per heavy atom. The van der Waals surface area contributed by atoms with Crippen molar-refractivity contribution < 1.29 is 14.3 Å². The highest BCUT2D eigenvalue weighted by molar-refractivity contribution is 5.79. The summed E-state index contributed by atoms with van der Waals surface area (Å²) in [6.07, 6.45) is 4.53. The predicted molar refractivity (Wildman–Crippen MR) is 108 cm³/mol. The van der Waals surface area contributed by atoms with Crippen molar-refractivity contribution in [1.82, 2.24) is 9.80 Å². The number of carbonyl (C=O) groups excluding carboxylic acids is 2. The van der Waals surface area contributed by atoms with Gasteiger partial charge in [-0.1, -0.05) is 0 Å². The average Bonchev–Trinajstić information content (AvgIpc) is 2.68. The second-order valence-corrected chi connectivity index (χ2v) is 7.20. The zero-order valence-electron chi connectivity index (χ0n) is 17.0. The summed E-state index contributed by atoms with van der Waals surface area (Å²) in [7, 11) is 3.76. The van der Waals surface area contributed by atoms with Crippen LogP contribution < -0.4 is 10.1 Å². The summed E-state index contributed by atoms with van der Waals surface area (Å²) in [5, 5.41) is 2.77. The number of nitrogens with one attached hydrogen (secondary N) is 1. The van der Waals surface area contributed by atoms with Gasteiger partial charge in [-0.25, -0.2) is 0 Å². The quantitative estimate of drug-likeness (QED) is 0.674. The molecule has 27 heavy (non-hydrogen) atoms. The fourth-order valence-corrected chi connectivity index (χ4v) is 3.99. The van der Waals surface area contributed by atoms with Gasteiger partial charge in [0.05, 0.1) is 13.0 Å². The van der Waals surface area contributed by atoms with E-state index in [1.54, 1.807) is 7.11 Å². The SMILES string of the molecule is CCN(CC)C(=O)C1CCC(CCc2cc(OC)ccc2NC=O)N(C)C1. The highest BCUT2D eigenvalue weighted by Gasteiger charge is 2.31. The summed E-state index contributed by atoms with van der Waals surface area (Å²) in [5.74, 6) is 1.19. The zero-order valence-corrected chi connectivity index (χ0v) is 17.0. The molecule has 2 amide bonds. The Bertz CT molecular complexity index is 631. The van der Waals surface area contributed by atoms with Gasteiger partial charge >= 0.3 is 0 Å². The van der Waals surface area contributed by atoms with E-state index in [0.29, 0.717) is 12.5 Å². The second-order valence-electron chi connectivity index (χ2n) is 7.20. The standard InChI is InChI=1S/C21H33N3O3/c1-5-24(6-2)21(26)17-8-10-18(23(3)14-17)9-7-16-13-19(27-4)11-12-20(16)22-15-25/h11-13,15,17-18H,5-10,14H2,1-4H3,(H,22,25).